The summed E-state index contributed by atoms with van der Waals surface area (Å²) in [5.41, 5.74) is 2.94. The zero-order chi connectivity index (χ0) is 32.8. The van der Waals surface area contributed by atoms with E-state index in [-0.39, 0.29) is 23.7 Å². The number of anilines is 3. The normalized spacial score (nSPS) is 14.3. The van der Waals surface area contributed by atoms with E-state index in [0.29, 0.717) is 28.2 Å². The molecule has 0 aromatic heterocycles. The Hall–Kier alpha value is -5.82. The lowest BCUT2D eigenvalue weighted by molar-refractivity contribution is -0.123. The van der Waals surface area contributed by atoms with Gasteiger partial charge in [0.15, 0.2) is 0 Å². The van der Waals surface area contributed by atoms with Crippen LogP contribution >= 0.6 is 0 Å². The molecular formula is C33H30N6O6S. The summed E-state index contributed by atoms with van der Waals surface area (Å²) in [6, 6.07) is 30.0. The SMILES string of the molecule is CN(C(=O)CN1C(=O)C(NC(=O)Nc2cccc(C(=O)NS(C)(=O)=O)c2)N=C(c2ccccc2)c2ccccc21)c1ccccc1. The van der Waals surface area contributed by atoms with Crippen LogP contribution in [0.2, 0.25) is 0 Å². The van der Waals surface area contributed by atoms with Crippen molar-refractivity contribution in [2.75, 3.05) is 35.0 Å². The van der Waals surface area contributed by atoms with Crippen LogP contribution in [0.5, 0.6) is 0 Å². The summed E-state index contributed by atoms with van der Waals surface area (Å²) < 4.78 is 24.8. The van der Waals surface area contributed by atoms with E-state index >= 15 is 0 Å². The lowest BCUT2D eigenvalue weighted by Gasteiger charge is -2.27. The molecule has 13 heteroatoms. The number of nitrogens with zero attached hydrogens (tertiary/aromatic N) is 3. The first-order valence-corrected chi connectivity index (χ1v) is 15.9. The first-order chi connectivity index (χ1) is 22.0. The number of hydrogen-bond donors (Lipinski definition) is 3. The summed E-state index contributed by atoms with van der Waals surface area (Å²) in [6.07, 6.45) is -0.599. The van der Waals surface area contributed by atoms with Crippen LogP contribution in [0.15, 0.2) is 114 Å². The molecule has 46 heavy (non-hydrogen) atoms. The number of urea groups is 1. The summed E-state index contributed by atoms with van der Waals surface area (Å²) >= 11 is 0. The van der Waals surface area contributed by atoms with Gasteiger partial charge < -0.3 is 15.5 Å². The van der Waals surface area contributed by atoms with Gasteiger partial charge in [-0.1, -0.05) is 72.8 Å². The highest BCUT2D eigenvalue weighted by atomic mass is 32.2. The molecule has 3 N–H and O–H groups in total. The molecule has 5 amide bonds. The smallest absolute Gasteiger partial charge is 0.314 e. The average Bonchev–Trinajstić information content (AvgIpc) is 3.15. The molecule has 0 saturated carbocycles. The summed E-state index contributed by atoms with van der Waals surface area (Å²) in [6.45, 7) is -0.337. The quantitative estimate of drug-likeness (QED) is 0.269. The number of carbonyl (C=O) groups excluding carboxylic acids is 4. The van der Waals surface area contributed by atoms with Crippen molar-refractivity contribution in [2.24, 2.45) is 4.99 Å². The number of rotatable bonds is 8. The van der Waals surface area contributed by atoms with Crippen molar-refractivity contribution < 1.29 is 27.6 Å². The van der Waals surface area contributed by atoms with Crippen LogP contribution < -0.4 is 25.2 Å². The third-order valence-corrected chi connectivity index (χ3v) is 7.55. The fourth-order valence-corrected chi connectivity index (χ4v) is 5.26. The van der Waals surface area contributed by atoms with E-state index in [1.54, 1.807) is 55.6 Å². The lowest BCUT2D eigenvalue weighted by atomic mass is 10.0. The van der Waals surface area contributed by atoms with Crippen molar-refractivity contribution in [3.05, 3.63) is 126 Å². The largest absolute Gasteiger partial charge is 0.321 e. The minimum atomic E-state index is -3.81. The molecule has 1 unspecified atom stereocenters. The fourth-order valence-electron chi connectivity index (χ4n) is 4.81. The van der Waals surface area contributed by atoms with E-state index in [0.717, 1.165) is 6.26 Å². The Morgan fingerprint density at radius 2 is 1.52 bits per heavy atom. The van der Waals surface area contributed by atoms with Crippen LogP contribution in [0.1, 0.15) is 21.5 Å². The number of aliphatic imine (C=N–C) groups is 1. The molecule has 4 aromatic carbocycles. The summed E-state index contributed by atoms with van der Waals surface area (Å²) in [4.78, 5) is 60.7. The van der Waals surface area contributed by atoms with Crippen LogP contribution in [0.4, 0.5) is 21.9 Å². The number of benzene rings is 4. The van der Waals surface area contributed by atoms with Crippen molar-refractivity contribution in [3.63, 3.8) is 0 Å². The second-order valence-electron chi connectivity index (χ2n) is 10.4. The molecule has 234 valence electrons. The predicted molar refractivity (Wildman–Crippen MR) is 175 cm³/mol. The highest BCUT2D eigenvalue weighted by molar-refractivity contribution is 7.89. The maximum Gasteiger partial charge on any atom is 0.321 e. The van der Waals surface area contributed by atoms with E-state index in [1.807, 2.05) is 41.1 Å². The summed E-state index contributed by atoms with van der Waals surface area (Å²) in [5, 5.41) is 5.16. The second-order valence-corrected chi connectivity index (χ2v) is 12.1. The zero-order valence-electron chi connectivity index (χ0n) is 24.9. The molecule has 12 nitrogen and oxygen atoms in total. The standard InChI is InChI=1S/C33H30N6O6S/c1-38(25-16-7-4-8-17-25)28(40)21-39-27-19-10-9-18-26(27)29(22-12-5-3-6-13-22)35-30(32(39)42)36-33(43)34-24-15-11-14-23(20-24)31(41)37-46(2,44)45/h3-20,30H,21H2,1-2H3,(H,37,41)(H2,34,36,43). The third kappa shape index (κ3) is 7.45. The number of fused-ring (bicyclic) bond motifs is 1. The lowest BCUT2D eigenvalue weighted by Crippen LogP contribution is -2.51. The van der Waals surface area contributed by atoms with Gasteiger partial charge in [-0.2, -0.15) is 0 Å². The maximum atomic E-state index is 14.1. The predicted octanol–water partition coefficient (Wildman–Crippen LogP) is 3.37. The highest BCUT2D eigenvalue weighted by Crippen LogP contribution is 2.28. The first-order valence-electron chi connectivity index (χ1n) is 14.1. The molecule has 0 fully saturated rings. The van der Waals surface area contributed by atoms with E-state index in [1.165, 1.54) is 34.1 Å². The van der Waals surface area contributed by atoms with Crippen molar-refractivity contribution in [1.29, 1.82) is 0 Å². The molecule has 1 aliphatic rings. The minimum absolute atomic E-state index is 0.0131. The van der Waals surface area contributed by atoms with Crippen LogP contribution in [-0.2, 0) is 19.6 Å². The van der Waals surface area contributed by atoms with Crippen molar-refractivity contribution in [3.8, 4) is 0 Å². The van der Waals surface area contributed by atoms with E-state index in [4.69, 9.17) is 4.99 Å². The Balaban J connectivity index is 1.46. The molecule has 0 radical (unpaired) electrons. The Morgan fingerprint density at radius 1 is 0.870 bits per heavy atom. The number of sulfonamides is 1. The Morgan fingerprint density at radius 3 is 2.22 bits per heavy atom. The van der Waals surface area contributed by atoms with Gasteiger partial charge in [0.1, 0.15) is 6.54 Å². The molecule has 1 heterocycles. The molecule has 0 bridgehead atoms. The Bertz CT molecular complexity index is 1930. The molecule has 1 atom stereocenters. The van der Waals surface area contributed by atoms with Crippen LogP contribution in [0.25, 0.3) is 0 Å². The molecule has 0 saturated heterocycles. The number of hydrogen-bond acceptors (Lipinski definition) is 7. The van der Waals surface area contributed by atoms with Crippen molar-refractivity contribution >= 4 is 56.5 Å². The highest BCUT2D eigenvalue weighted by Gasteiger charge is 2.34. The van der Waals surface area contributed by atoms with Gasteiger partial charge in [-0.15, -0.1) is 0 Å². The summed E-state index contributed by atoms with van der Waals surface area (Å²) in [7, 11) is -2.19. The Labute approximate surface area is 265 Å². The third-order valence-electron chi connectivity index (χ3n) is 6.99. The van der Waals surface area contributed by atoms with Gasteiger partial charge in [-0.25, -0.2) is 22.9 Å². The van der Waals surface area contributed by atoms with Gasteiger partial charge in [0.05, 0.1) is 17.7 Å². The molecule has 4 aromatic rings. The van der Waals surface area contributed by atoms with E-state index in [2.05, 4.69) is 10.6 Å². The monoisotopic (exact) mass is 638 g/mol. The number of para-hydroxylation sites is 2. The molecule has 0 aliphatic carbocycles. The van der Waals surface area contributed by atoms with E-state index in [9.17, 15) is 27.6 Å². The Kier molecular flexibility index (Phi) is 9.24. The molecule has 1 aliphatic heterocycles. The minimum Gasteiger partial charge on any atom is -0.314 e. The van der Waals surface area contributed by atoms with Gasteiger partial charge in [-0.05, 0) is 36.4 Å². The first kappa shape index (κ1) is 31.6. The van der Waals surface area contributed by atoms with Gasteiger partial charge in [0, 0.05) is 35.1 Å². The van der Waals surface area contributed by atoms with Gasteiger partial charge >= 0.3 is 6.03 Å². The van der Waals surface area contributed by atoms with Gasteiger partial charge in [-0.3, -0.25) is 19.3 Å². The van der Waals surface area contributed by atoms with Crippen LogP contribution in [-0.4, -0.2) is 63.9 Å². The average molecular weight is 639 g/mol. The van der Waals surface area contributed by atoms with Gasteiger partial charge in [0.2, 0.25) is 22.1 Å². The number of nitrogens with one attached hydrogen (secondary N) is 3. The zero-order valence-corrected chi connectivity index (χ0v) is 25.7. The van der Waals surface area contributed by atoms with Crippen molar-refractivity contribution in [1.82, 2.24) is 10.0 Å². The number of amides is 5. The molecule has 0 spiro atoms. The van der Waals surface area contributed by atoms with Crippen LogP contribution in [0.3, 0.4) is 0 Å². The topological polar surface area (TPSA) is 157 Å². The molecular weight excluding hydrogens is 608 g/mol. The number of carbonyl (C=O) groups is 4. The van der Waals surface area contributed by atoms with Crippen molar-refractivity contribution in [2.45, 2.75) is 6.17 Å². The summed E-state index contributed by atoms with van der Waals surface area (Å²) in [5.74, 6) is -1.89. The fraction of sp³-hybridized carbons (Fsp3) is 0.121. The second kappa shape index (κ2) is 13.4. The van der Waals surface area contributed by atoms with Crippen LogP contribution in [0, 0.1) is 0 Å². The van der Waals surface area contributed by atoms with Gasteiger partial charge in [0.25, 0.3) is 11.8 Å². The number of benzodiazepines with no additional fused rings is 1. The van der Waals surface area contributed by atoms with E-state index < -0.39 is 34.0 Å². The molecule has 5 rings (SSSR count). The maximum absolute atomic E-state index is 14.1. The number of likely N-dealkylation sites (N-methyl/N-ethyl adjacent to an activating group) is 1.